The summed E-state index contributed by atoms with van der Waals surface area (Å²) in [5.41, 5.74) is -0.540. The first-order valence-electron chi connectivity index (χ1n) is 6.17. The average molecular weight is 307 g/mol. The molecule has 0 bridgehead atoms. The number of halogens is 4. The van der Waals surface area contributed by atoms with Gasteiger partial charge in [0.2, 0.25) is 0 Å². The number of nitrogens with zero attached hydrogens (tertiary/aromatic N) is 2. The lowest BCUT2D eigenvalue weighted by Crippen LogP contribution is -2.49. The van der Waals surface area contributed by atoms with E-state index in [1.165, 1.54) is 12.1 Å². The van der Waals surface area contributed by atoms with Gasteiger partial charge < -0.3 is 9.69 Å². The second-order valence-corrected chi connectivity index (χ2v) is 5.02. The molecule has 20 heavy (non-hydrogen) atoms. The number of benzene rings is 1. The first kappa shape index (κ1) is 15.1. The maximum atomic E-state index is 12.5. The van der Waals surface area contributed by atoms with Crippen LogP contribution in [0.5, 0.6) is 0 Å². The van der Waals surface area contributed by atoms with Crippen molar-refractivity contribution >= 4 is 23.6 Å². The van der Waals surface area contributed by atoms with Gasteiger partial charge in [0, 0.05) is 31.9 Å². The van der Waals surface area contributed by atoms with E-state index in [4.69, 9.17) is 11.6 Å². The van der Waals surface area contributed by atoms with Crippen LogP contribution in [0.3, 0.4) is 0 Å². The molecule has 0 saturated carbocycles. The lowest BCUT2D eigenvalue weighted by atomic mass is 10.1. The Morgan fingerprint density at radius 1 is 1.10 bits per heavy atom. The van der Waals surface area contributed by atoms with Gasteiger partial charge in [-0.3, -0.25) is 4.90 Å². The Morgan fingerprint density at radius 2 is 1.65 bits per heavy atom. The smallest absolute Gasteiger partial charge is 0.369 e. The van der Waals surface area contributed by atoms with Gasteiger partial charge in [0.1, 0.15) is 5.50 Å². The number of aldehydes is 1. The quantitative estimate of drug-likeness (QED) is 0.487. The third-order valence-electron chi connectivity index (χ3n) is 3.34. The van der Waals surface area contributed by atoms with Gasteiger partial charge in [-0.25, -0.2) is 0 Å². The monoisotopic (exact) mass is 306 g/mol. The van der Waals surface area contributed by atoms with E-state index < -0.39 is 17.2 Å². The van der Waals surface area contributed by atoms with Crippen LogP contribution in [0.1, 0.15) is 5.56 Å². The predicted molar refractivity (Wildman–Crippen MR) is 70.9 cm³/mol. The van der Waals surface area contributed by atoms with Crippen LogP contribution in [0.15, 0.2) is 24.3 Å². The van der Waals surface area contributed by atoms with Crippen LogP contribution in [0.2, 0.25) is 0 Å². The Bertz CT molecular complexity index is 456. The molecule has 0 N–H and O–H groups in total. The van der Waals surface area contributed by atoms with E-state index in [0.29, 0.717) is 32.5 Å². The van der Waals surface area contributed by atoms with Crippen LogP contribution in [0.4, 0.5) is 18.9 Å². The zero-order chi connectivity index (χ0) is 14.8. The second-order valence-electron chi connectivity index (χ2n) is 4.58. The lowest BCUT2D eigenvalue weighted by Gasteiger charge is -2.36. The van der Waals surface area contributed by atoms with Crippen LogP contribution < -0.4 is 4.90 Å². The number of carbonyl (C=O) groups excluding carboxylic acids is 1. The average Bonchev–Trinajstić information content (AvgIpc) is 2.46. The summed E-state index contributed by atoms with van der Waals surface area (Å²) >= 11 is 5.82. The Kier molecular flexibility index (Phi) is 4.55. The molecule has 0 amide bonds. The molecule has 1 aliphatic rings. The van der Waals surface area contributed by atoms with Crippen LogP contribution in [0.25, 0.3) is 0 Å². The number of rotatable bonds is 3. The molecule has 0 aliphatic carbocycles. The summed E-state index contributed by atoms with van der Waals surface area (Å²) in [6, 6.07) is 5.10. The van der Waals surface area contributed by atoms with E-state index in [2.05, 4.69) is 0 Å². The number of piperazine rings is 1. The normalized spacial score (nSPS) is 18.9. The maximum absolute atomic E-state index is 12.5. The fraction of sp³-hybridized carbons (Fsp3) is 0.462. The molecule has 3 nitrogen and oxygen atoms in total. The van der Waals surface area contributed by atoms with E-state index in [9.17, 15) is 18.0 Å². The van der Waals surface area contributed by atoms with Crippen molar-refractivity contribution in [3.63, 3.8) is 0 Å². The zero-order valence-electron chi connectivity index (χ0n) is 10.6. The highest BCUT2D eigenvalue weighted by Gasteiger charge is 2.30. The van der Waals surface area contributed by atoms with E-state index in [-0.39, 0.29) is 0 Å². The summed E-state index contributed by atoms with van der Waals surface area (Å²) in [5.74, 6) is 0. The molecule has 1 atom stereocenters. The van der Waals surface area contributed by atoms with E-state index in [0.717, 1.165) is 17.8 Å². The molecule has 7 heteroatoms. The van der Waals surface area contributed by atoms with Gasteiger partial charge in [-0.05, 0) is 24.3 Å². The molecular weight excluding hydrogens is 293 g/mol. The van der Waals surface area contributed by atoms with Crippen molar-refractivity contribution in [1.29, 1.82) is 0 Å². The largest absolute Gasteiger partial charge is 0.416 e. The minimum atomic E-state index is -4.31. The third kappa shape index (κ3) is 3.43. The fourth-order valence-electron chi connectivity index (χ4n) is 2.17. The molecule has 1 aliphatic heterocycles. The Balaban J connectivity index is 1.99. The van der Waals surface area contributed by atoms with E-state index in [1.807, 2.05) is 9.80 Å². The molecule has 1 aromatic rings. The van der Waals surface area contributed by atoms with Gasteiger partial charge in [0.05, 0.1) is 5.56 Å². The Labute approximate surface area is 119 Å². The summed E-state index contributed by atoms with van der Waals surface area (Å²) in [6.07, 6.45) is -3.64. The lowest BCUT2D eigenvalue weighted by molar-refractivity contribution is -0.137. The van der Waals surface area contributed by atoms with Gasteiger partial charge in [0.25, 0.3) is 0 Å². The molecule has 1 saturated heterocycles. The standard InChI is InChI=1S/C13H14ClF3N2O/c14-12(9-20)19-7-5-18(6-8-19)11-3-1-10(2-4-11)13(15,16)17/h1-4,9,12H,5-8H2. The number of carbonyl (C=O) groups is 1. The maximum Gasteiger partial charge on any atom is 0.416 e. The number of alkyl halides is 4. The summed E-state index contributed by atoms with van der Waals surface area (Å²) < 4.78 is 37.4. The molecule has 1 heterocycles. The molecule has 1 aromatic carbocycles. The summed E-state index contributed by atoms with van der Waals surface area (Å²) in [5, 5.41) is 0. The van der Waals surface area contributed by atoms with E-state index in [1.54, 1.807) is 0 Å². The number of hydrogen-bond acceptors (Lipinski definition) is 3. The fourth-order valence-corrected chi connectivity index (χ4v) is 2.37. The van der Waals surface area contributed by atoms with Crippen molar-refractivity contribution in [2.45, 2.75) is 11.7 Å². The second kappa shape index (κ2) is 6.01. The Morgan fingerprint density at radius 3 is 2.10 bits per heavy atom. The van der Waals surface area contributed by atoms with E-state index >= 15 is 0 Å². The first-order chi connectivity index (χ1) is 9.41. The van der Waals surface area contributed by atoms with Gasteiger partial charge >= 0.3 is 6.18 Å². The molecule has 2 rings (SSSR count). The molecular formula is C13H14ClF3N2O. The van der Waals surface area contributed by atoms with Gasteiger partial charge in [0.15, 0.2) is 6.29 Å². The van der Waals surface area contributed by atoms with Crippen LogP contribution in [-0.4, -0.2) is 42.9 Å². The Hall–Kier alpha value is -1.27. The molecule has 0 spiro atoms. The molecule has 0 aromatic heterocycles. The van der Waals surface area contributed by atoms with Gasteiger partial charge in [-0.15, -0.1) is 0 Å². The van der Waals surface area contributed by atoms with Crippen molar-refractivity contribution in [2.24, 2.45) is 0 Å². The summed E-state index contributed by atoms with van der Waals surface area (Å²) in [6.45, 7) is 2.46. The third-order valence-corrected chi connectivity index (χ3v) is 3.71. The predicted octanol–water partition coefficient (Wildman–Crippen LogP) is 2.59. The summed E-state index contributed by atoms with van der Waals surface area (Å²) in [4.78, 5) is 14.4. The van der Waals surface area contributed by atoms with Crippen molar-refractivity contribution < 1.29 is 18.0 Å². The van der Waals surface area contributed by atoms with Crippen LogP contribution in [-0.2, 0) is 11.0 Å². The minimum Gasteiger partial charge on any atom is -0.369 e. The first-order valence-corrected chi connectivity index (χ1v) is 6.61. The summed E-state index contributed by atoms with van der Waals surface area (Å²) in [7, 11) is 0. The zero-order valence-corrected chi connectivity index (χ0v) is 11.4. The number of hydrogen-bond donors (Lipinski definition) is 0. The highest BCUT2D eigenvalue weighted by molar-refractivity contribution is 6.27. The SMILES string of the molecule is O=CC(Cl)N1CCN(c2ccc(C(F)(F)F)cc2)CC1. The van der Waals surface area contributed by atoms with Crippen LogP contribution >= 0.6 is 11.6 Å². The molecule has 1 unspecified atom stereocenters. The highest BCUT2D eigenvalue weighted by atomic mass is 35.5. The van der Waals surface area contributed by atoms with Gasteiger partial charge in [-0.1, -0.05) is 11.6 Å². The van der Waals surface area contributed by atoms with Crippen molar-refractivity contribution in [3.8, 4) is 0 Å². The van der Waals surface area contributed by atoms with Crippen molar-refractivity contribution in [3.05, 3.63) is 29.8 Å². The number of anilines is 1. The molecule has 110 valence electrons. The van der Waals surface area contributed by atoms with Gasteiger partial charge in [-0.2, -0.15) is 13.2 Å². The van der Waals surface area contributed by atoms with Crippen LogP contribution in [0, 0.1) is 0 Å². The highest BCUT2D eigenvalue weighted by Crippen LogP contribution is 2.30. The minimum absolute atomic E-state index is 0.605. The molecule has 1 fully saturated rings. The molecule has 0 radical (unpaired) electrons. The van der Waals surface area contributed by atoms with Crippen molar-refractivity contribution in [1.82, 2.24) is 4.90 Å². The van der Waals surface area contributed by atoms with Crippen molar-refractivity contribution in [2.75, 3.05) is 31.1 Å². The topological polar surface area (TPSA) is 23.6 Å².